The Morgan fingerprint density at radius 1 is 1.14 bits per heavy atom. The van der Waals surface area contributed by atoms with Gasteiger partial charge in [0.05, 0.1) is 0 Å². The quantitative estimate of drug-likeness (QED) is 0.716. The summed E-state index contributed by atoms with van der Waals surface area (Å²) in [5.41, 5.74) is 0.360. The normalized spacial score (nSPS) is 15.6. The highest BCUT2D eigenvalue weighted by Crippen LogP contribution is 2.48. The summed E-state index contributed by atoms with van der Waals surface area (Å²) in [5.74, 6) is 1.90. The zero-order valence-corrected chi connectivity index (χ0v) is 13.4. The van der Waals surface area contributed by atoms with Gasteiger partial charge in [-0.05, 0) is 31.6 Å². The third-order valence-corrected chi connectivity index (χ3v) is 3.77. The first kappa shape index (κ1) is 15.8. The van der Waals surface area contributed by atoms with Crippen molar-refractivity contribution >= 4 is 17.8 Å². The third-order valence-electron chi connectivity index (χ3n) is 3.77. The third kappa shape index (κ3) is 4.42. The Labute approximate surface area is 126 Å². The first-order valence-corrected chi connectivity index (χ1v) is 7.49. The molecule has 1 saturated carbocycles. The molecular formula is C14H26N6O. The minimum atomic E-state index is 0.360. The van der Waals surface area contributed by atoms with Crippen LogP contribution in [0.1, 0.15) is 26.2 Å². The van der Waals surface area contributed by atoms with Crippen LogP contribution < -0.4 is 15.5 Å². The summed E-state index contributed by atoms with van der Waals surface area (Å²) >= 11 is 0. The Bertz CT molecular complexity index is 461. The van der Waals surface area contributed by atoms with Gasteiger partial charge in [0.1, 0.15) is 0 Å². The second kappa shape index (κ2) is 6.89. The Balaban J connectivity index is 2.01. The van der Waals surface area contributed by atoms with Crippen molar-refractivity contribution in [3.63, 3.8) is 0 Å². The molecule has 7 heteroatoms. The average molecular weight is 294 g/mol. The molecule has 0 bridgehead atoms. The van der Waals surface area contributed by atoms with Gasteiger partial charge in [0.2, 0.25) is 17.8 Å². The van der Waals surface area contributed by atoms with E-state index >= 15 is 0 Å². The van der Waals surface area contributed by atoms with E-state index in [1.165, 1.54) is 12.8 Å². The van der Waals surface area contributed by atoms with Gasteiger partial charge in [0.25, 0.3) is 0 Å². The van der Waals surface area contributed by atoms with Crippen LogP contribution in [0, 0.1) is 5.41 Å². The van der Waals surface area contributed by atoms with Gasteiger partial charge in [-0.15, -0.1) is 0 Å². The highest BCUT2D eigenvalue weighted by molar-refractivity contribution is 5.43. The van der Waals surface area contributed by atoms with Crippen LogP contribution >= 0.6 is 0 Å². The molecule has 0 unspecified atom stereocenters. The molecule has 1 fully saturated rings. The SMILES string of the molecule is CCNc1nc(NCC2(CCOC)CC2)nc(N(C)C)n1. The molecule has 2 rings (SSSR count). The molecule has 7 nitrogen and oxygen atoms in total. The number of hydrogen-bond donors (Lipinski definition) is 2. The van der Waals surface area contributed by atoms with E-state index < -0.39 is 0 Å². The van der Waals surface area contributed by atoms with E-state index in [4.69, 9.17) is 4.74 Å². The smallest absolute Gasteiger partial charge is 0.231 e. The Morgan fingerprint density at radius 3 is 2.33 bits per heavy atom. The first-order valence-electron chi connectivity index (χ1n) is 7.49. The monoisotopic (exact) mass is 294 g/mol. The fourth-order valence-electron chi connectivity index (χ4n) is 2.16. The molecule has 0 radical (unpaired) electrons. The predicted octanol–water partition coefficient (Wildman–Crippen LogP) is 1.60. The van der Waals surface area contributed by atoms with E-state index in [-0.39, 0.29) is 0 Å². The molecule has 2 N–H and O–H groups in total. The number of nitrogens with zero attached hydrogens (tertiary/aromatic N) is 4. The van der Waals surface area contributed by atoms with Crippen LogP contribution in [0.3, 0.4) is 0 Å². The van der Waals surface area contributed by atoms with Gasteiger partial charge in [-0.25, -0.2) is 0 Å². The molecule has 0 amide bonds. The number of ether oxygens (including phenoxy) is 1. The number of methoxy groups -OCH3 is 1. The zero-order chi connectivity index (χ0) is 15.3. The average Bonchev–Trinajstić information content (AvgIpc) is 3.24. The van der Waals surface area contributed by atoms with Crippen LogP contribution in [0.2, 0.25) is 0 Å². The van der Waals surface area contributed by atoms with Gasteiger partial charge in [0.15, 0.2) is 0 Å². The Morgan fingerprint density at radius 2 is 1.81 bits per heavy atom. The Hall–Kier alpha value is -1.63. The van der Waals surface area contributed by atoms with E-state index in [2.05, 4.69) is 25.6 Å². The van der Waals surface area contributed by atoms with E-state index in [9.17, 15) is 0 Å². The summed E-state index contributed by atoms with van der Waals surface area (Å²) in [6, 6.07) is 0. The van der Waals surface area contributed by atoms with Gasteiger partial charge in [-0.2, -0.15) is 15.0 Å². The lowest BCUT2D eigenvalue weighted by Gasteiger charge is -2.17. The van der Waals surface area contributed by atoms with E-state index in [1.807, 2.05) is 25.9 Å². The lowest BCUT2D eigenvalue weighted by atomic mass is 10.0. The maximum Gasteiger partial charge on any atom is 0.231 e. The molecule has 0 aromatic carbocycles. The summed E-state index contributed by atoms with van der Waals surface area (Å²) in [4.78, 5) is 15.1. The Kier molecular flexibility index (Phi) is 5.17. The van der Waals surface area contributed by atoms with Crippen molar-refractivity contribution in [2.75, 3.05) is 56.4 Å². The van der Waals surface area contributed by atoms with Crippen molar-refractivity contribution in [1.82, 2.24) is 15.0 Å². The molecular weight excluding hydrogens is 268 g/mol. The fourth-order valence-corrected chi connectivity index (χ4v) is 2.16. The van der Waals surface area contributed by atoms with Gasteiger partial charge in [0, 0.05) is 40.9 Å². The maximum atomic E-state index is 5.19. The molecule has 1 aliphatic carbocycles. The minimum Gasteiger partial charge on any atom is -0.385 e. The molecule has 0 saturated heterocycles. The fraction of sp³-hybridized carbons (Fsp3) is 0.786. The number of rotatable bonds is 9. The number of anilines is 3. The molecule has 0 spiro atoms. The lowest BCUT2D eigenvalue weighted by molar-refractivity contribution is 0.175. The van der Waals surface area contributed by atoms with Gasteiger partial charge in [-0.3, -0.25) is 0 Å². The van der Waals surface area contributed by atoms with Gasteiger partial charge >= 0.3 is 0 Å². The lowest BCUT2D eigenvalue weighted by Crippen LogP contribution is -2.21. The summed E-state index contributed by atoms with van der Waals surface area (Å²) in [5, 5.41) is 6.51. The topological polar surface area (TPSA) is 75.2 Å². The highest BCUT2D eigenvalue weighted by atomic mass is 16.5. The summed E-state index contributed by atoms with van der Waals surface area (Å²) in [6.07, 6.45) is 3.58. The van der Waals surface area contributed by atoms with E-state index in [1.54, 1.807) is 7.11 Å². The second-order valence-electron chi connectivity index (χ2n) is 5.80. The van der Waals surface area contributed by atoms with E-state index in [0.29, 0.717) is 23.3 Å². The largest absolute Gasteiger partial charge is 0.385 e. The molecule has 0 atom stereocenters. The number of hydrogen-bond acceptors (Lipinski definition) is 7. The molecule has 1 aromatic rings. The molecule has 1 aliphatic rings. The standard InChI is InChI=1S/C14H26N6O/c1-5-15-11-17-12(19-13(18-11)20(2)3)16-10-14(6-7-14)8-9-21-4/h5-10H2,1-4H3,(H2,15,16,17,18,19). The minimum absolute atomic E-state index is 0.360. The van der Waals surface area contributed by atoms with Crippen molar-refractivity contribution < 1.29 is 4.74 Å². The predicted molar refractivity (Wildman–Crippen MR) is 85.0 cm³/mol. The maximum absolute atomic E-state index is 5.19. The zero-order valence-electron chi connectivity index (χ0n) is 13.4. The van der Waals surface area contributed by atoms with Crippen molar-refractivity contribution in [2.45, 2.75) is 26.2 Å². The van der Waals surface area contributed by atoms with Crippen LogP contribution in [0.4, 0.5) is 17.8 Å². The van der Waals surface area contributed by atoms with Crippen molar-refractivity contribution in [3.05, 3.63) is 0 Å². The molecule has 21 heavy (non-hydrogen) atoms. The van der Waals surface area contributed by atoms with Crippen molar-refractivity contribution in [3.8, 4) is 0 Å². The highest BCUT2D eigenvalue weighted by Gasteiger charge is 2.41. The van der Waals surface area contributed by atoms with E-state index in [0.717, 1.165) is 26.1 Å². The van der Waals surface area contributed by atoms with Gasteiger partial charge in [-0.1, -0.05) is 0 Å². The molecule has 118 valence electrons. The van der Waals surface area contributed by atoms with Crippen LogP contribution in [-0.4, -0.2) is 55.9 Å². The van der Waals surface area contributed by atoms with Crippen LogP contribution in [-0.2, 0) is 4.74 Å². The molecule has 1 aromatic heterocycles. The summed E-state index contributed by atoms with van der Waals surface area (Å²) < 4.78 is 5.19. The first-order chi connectivity index (χ1) is 10.1. The summed E-state index contributed by atoms with van der Waals surface area (Å²) in [6.45, 7) is 4.51. The van der Waals surface area contributed by atoms with Crippen molar-refractivity contribution in [1.29, 1.82) is 0 Å². The van der Waals surface area contributed by atoms with Crippen LogP contribution in [0.15, 0.2) is 0 Å². The molecule has 0 aliphatic heterocycles. The summed E-state index contributed by atoms with van der Waals surface area (Å²) in [7, 11) is 5.60. The number of nitrogens with one attached hydrogen (secondary N) is 2. The van der Waals surface area contributed by atoms with Crippen LogP contribution in [0.5, 0.6) is 0 Å². The number of aromatic nitrogens is 3. The second-order valence-corrected chi connectivity index (χ2v) is 5.80. The van der Waals surface area contributed by atoms with Crippen LogP contribution in [0.25, 0.3) is 0 Å². The van der Waals surface area contributed by atoms with Crippen molar-refractivity contribution in [2.24, 2.45) is 5.41 Å². The van der Waals surface area contributed by atoms with Gasteiger partial charge < -0.3 is 20.3 Å². The molecule has 1 heterocycles.